The maximum atomic E-state index is 11.7. The van der Waals surface area contributed by atoms with Gasteiger partial charge in [0.25, 0.3) is 5.69 Å². The molecule has 0 aliphatic carbocycles. The van der Waals surface area contributed by atoms with E-state index in [0.717, 1.165) is 22.2 Å². The van der Waals surface area contributed by atoms with Gasteiger partial charge in [-0.15, -0.1) is 0 Å². The zero-order valence-corrected chi connectivity index (χ0v) is 14.4. The summed E-state index contributed by atoms with van der Waals surface area (Å²) in [7, 11) is 1.48. The number of non-ortho nitro benzene ring substituents is 1. The molecule has 0 saturated heterocycles. The fraction of sp³-hybridized carbons (Fsp3) is 0.211. The van der Waals surface area contributed by atoms with E-state index in [1.165, 1.54) is 25.3 Å². The van der Waals surface area contributed by atoms with Gasteiger partial charge in [0, 0.05) is 40.7 Å². The molecule has 27 heavy (non-hydrogen) atoms. The van der Waals surface area contributed by atoms with Gasteiger partial charge in [-0.3, -0.25) is 20.2 Å². The number of aromatic amines is 1. The van der Waals surface area contributed by atoms with Crippen LogP contribution < -0.4 is 10.1 Å². The lowest BCUT2D eigenvalue weighted by Gasteiger charge is -2.30. The summed E-state index contributed by atoms with van der Waals surface area (Å²) in [6, 6.07) is 10.6. The fourth-order valence-electron chi connectivity index (χ4n) is 3.70. The standard InChI is InChI=1S/C19H17N3O5/c1-27-16-7-6-10(22(25)26)8-13(16)18-17-12(9-15(21-18)19(23)24)11-4-2-3-5-14(11)20-17/h2-8,15,18,20-21H,9H2,1H3,(H,23,24). The molecule has 8 nitrogen and oxygen atoms in total. The number of para-hydroxylation sites is 1. The number of aliphatic carboxylic acids is 1. The van der Waals surface area contributed by atoms with Crippen LogP contribution >= 0.6 is 0 Å². The molecule has 1 aromatic heterocycles. The van der Waals surface area contributed by atoms with Crippen molar-refractivity contribution in [3.63, 3.8) is 0 Å². The van der Waals surface area contributed by atoms with Crippen molar-refractivity contribution in [2.24, 2.45) is 0 Å². The summed E-state index contributed by atoms with van der Waals surface area (Å²) in [4.78, 5) is 25.8. The molecule has 8 heteroatoms. The molecular formula is C19H17N3O5. The summed E-state index contributed by atoms with van der Waals surface area (Å²) in [5, 5.41) is 24.9. The smallest absolute Gasteiger partial charge is 0.321 e. The number of carboxylic acid groups (broad SMARTS) is 1. The van der Waals surface area contributed by atoms with Crippen LogP contribution in [0.15, 0.2) is 42.5 Å². The van der Waals surface area contributed by atoms with Gasteiger partial charge in [0.2, 0.25) is 0 Å². The predicted molar refractivity (Wildman–Crippen MR) is 98.1 cm³/mol. The number of aromatic nitrogens is 1. The van der Waals surface area contributed by atoms with Crippen LogP contribution in [0.2, 0.25) is 0 Å². The van der Waals surface area contributed by atoms with Crippen molar-refractivity contribution in [1.29, 1.82) is 0 Å². The fourth-order valence-corrected chi connectivity index (χ4v) is 3.70. The van der Waals surface area contributed by atoms with E-state index >= 15 is 0 Å². The maximum absolute atomic E-state index is 11.7. The first-order valence-electron chi connectivity index (χ1n) is 8.40. The van der Waals surface area contributed by atoms with Gasteiger partial charge in [0.05, 0.1) is 18.1 Å². The molecule has 1 aliphatic rings. The number of hydrogen-bond donors (Lipinski definition) is 3. The Kier molecular flexibility index (Phi) is 4.04. The number of ether oxygens (including phenoxy) is 1. The van der Waals surface area contributed by atoms with Crippen molar-refractivity contribution in [3.05, 3.63) is 69.4 Å². The Morgan fingerprint density at radius 1 is 1.30 bits per heavy atom. The number of carbonyl (C=O) groups is 1. The third kappa shape index (κ3) is 2.80. The quantitative estimate of drug-likeness (QED) is 0.482. The Balaban J connectivity index is 1.94. The highest BCUT2D eigenvalue weighted by Crippen LogP contribution is 2.39. The van der Waals surface area contributed by atoms with Crippen LogP contribution in [0.3, 0.4) is 0 Å². The van der Waals surface area contributed by atoms with E-state index in [1.807, 2.05) is 24.3 Å². The molecule has 2 unspecified atom stereocenters. The minimum Gasteiger partial charge on any atom is -0.496 e. The molecule has 1 aliphatic heterocycles. The Hall–Kier alpha value is -3.39. The molecule has 3 aromatic rings. The second kappa shape index (κ2) is 6.40. The van der Waals surface area contributed by atoms with Gasteiger partial charge in [-0.2, -0.15) is 0 Å². The zero-order chi connectivity index (χ0) is 19.1. The van der Waals surface area contributed by atoms with Crippen molar-refractivity contribution in [3.8, 4) is 5.75 Å². The van der Waals surface area contributed by atoms with Crippen molar-refractivity contribution in [2.75, 3.05) is 7.11 Å². The van der Waals surface area contributed by atoms with Crippen LogP contribution in [-0.2, 0) is 11.2 Å². The van der Waals surface area contributed by atoms with E-state index in [4.69, 9.17) is 4.74 Å². The van der Waals surface area contributed by atoms with Crippen LogP contribution in [0.5, 0.6) is 5.75 Å². The number of nitrogens with zero attached hydrogens (tertiary/aromatic N) is 1. The van der Waals surface area contributed by atoms with E-state index in [0.29, 0.717) is 17.7 Å². The van der Waals surface area contributed by atoms with E-state index in [1.54, 1.807) is 0 Å². The van der Waals surface area contributed by atoms with Gasteiger partial charge in [-0.1, -0.05) is 18.2 Å². The molecule has 0 amide bonds. The molecule has 2 atom stereocenters. The number of rotatable bonds is 4. The van der Waals surface area contributed by atoms with Crippen molar-refractivity contribution in [2.45, 2.75) is 18.5 Å². The Labute approximate surface area is 153 Å². The molecule has 3 N–H and O–H groups in total. The molecular weight excluding hydrogens is 350 g/mol. The summed E-state index contributed by atoms with van der Waals surface area (Å²) in [6.45, 7) is 0. The summed E-state index contributed by atoms with van der Waals surface area (Å²) in [6.07, 6.45) is 0.322. The third-order valence-electron chi connectivity index (χ3n) is 4.94. The first-order chi connectivity index (χ1) is 13.0. The van der Waals surface area contributed by atoms with E-state index in [9.17, 15) is 20.0 Å². The summed E-state index contributed by atoms with van der Waals surface area (Å²) in [5.74, 6) is -0.519. The SMILES string of the molecule is COc1ccc([N+](=O)[O-])cc1C1NC(C(=O)O)Cc2c1[nH]c1ccccc21. The van der Waals surface area contributed by atoms with Gasteiger partial charge in [-0.25, -0.2) is 0 Å². The minimum atomic E-state index is -0.972. The van der Waals surface area contributed by atoms with Crippen molar-refractivity contribution in [1.82, 2.24) is 10.3 Å². The number of benzene rings is 2. The average Bonchev–Trinajstić information content (AvgIpc) is 3.05. The lowest BCUT2D eigenvalue weighted by Crippen LogP contribution is -2.45. The molecule has 0 saturated carbocycles. The van der Waals surface area contributed by atoms with Gasteiger partial charge in [0.1, 0.15) is 11.8 Å². The summed E-state index contributed by atoms with van der Waals surface area (Å²) < 4.78 is 5.39. The number of nitrogens with one attached hydrogen (secondary N) is 2. The second-order valence-electron chi connectivity index (χ2n) is 6.44. The molecule has 0 spiro atoms. The monoisotopic (exact) mass is 367 g/mol. The van der Waals surface area contributed by atoms with Crippen LogP contribution in [0.25, 0.3) is 10.9 Å². The maximum Gasteiger partial charge on any atom is 0.321 e. The van der Waals surface area contributed by atoms with Crippen LogP contribution in [0, 0.1) is 10.1 Å². The van der Waals surface area contributed by atoms with Gasteiger partial charge in [-0.05, 0) is 17.7 Å². The molecule has 0 fully saturated rings. The second-order valence-corrected chi connectivity index (χ2v) is 6.44. The Morgan fingerprint density at radius 2 is 2.07 bits per heavy atom. The highest BCUT2D eigenvalue weighted by atomic mass is 16.6. The Morgan fingerprint density at radius 3 is 2.78 bits per heavy atom. The van der Waals surface area contributed by atoms with E-state index in [-0.39, 0.29) is 5.69 Å². The number of fused-ring (bicyclic) bond motifs is 3. The summed E-state index contributed by atoms with van der Waals surface area (Å²) >= 11 is 0. The zero-order valence-electron chi connectivity index (χ0n) is 14.4. The van der Waals surface area contributed by atoms with Gasteiger partial charge >= 0.3 is 5.97 Å². The first kappa shape index (κ1) is 17.0. The highest BCUT2D eigenvalue weighted by molar-refractivity contribution is 5.87. The third-order valence-corrected chi connectivity index (χ3v) is 4.94. The molecule has 138 valence electrons. The summed E-state index contributed by atoms with van der Waals surface area (Å²) in [5.41, 5.74) is 3.03. The van der Waals surface area contributed by atoms with Gasteiger partial charge in [0.15, 0.2) is 0 Å². The lowest BCUT2D eigenvalue weighted by molar-refractivity contribution is -0.385. The van der Waals surface area contributed by atoms with Crippen LogP contribution in [0.1, 0.15) is 22.9 Å². The van der Waals surface area contributed by atoms with Crippen LogP contribution in [0.4, 0.5) is 5.69 Å². The molecule has 4 rings (SSSR count). The lowest BCUT2D eigenvalue weighted by atomic mass is 9.89. The number of hydrogen-bond acceptors (Lipinski definition) is 5. The van der Waals surface area contributed by atoms with Gasteiger partial charge < -0.3 is 14.8 Å². The molecule has 0 bridgehead atoms. The van der Waals surface area contributed by atoms with Crippen molar-refractivity contribution < 1.29 is 19.6 Å². The topological polar surface area (TPSA) is 117 Å². The average molecular weight is 367 g/mol. The Bertz CT molecular complexity index is 1060. The number of methoxy groups -OCH3 is 1. The minimum absolute atomic E-state index is 0.0808. The molecule has 2 heterocycles. The predicted octanol–water partition coefficient (Wildman–Crippen LogP) is 2.77. The molecule has 2 aromatic carbocycles. The number of carboxylic acids is 1. The van der Waals surface area contributed by atoms with E-state index < -0.39 is 23.0 Å². The van der Waals surface area contributed by atoms with Crippen LogP contribution in [-0.4, -0.2) is 34.1 Å². The normalized spacial score (nSPS) is 18.9. The van der Waals surface area contributed by atoms with Crippen molar-refractivity contribution >= 4 is 22.6 Å². The highest BCUT2D eigenvalue weighted by Gasteiger charge is 2.35. The molecule has 0 radical (unpaired) electrons. The first-order valence-corrected chi connectivity index (χ1v) is 8.40. The van der Waals surface area contributed by atoms with E-state index in [2.05, 4.69) is 10.3 Å². The number of H-pyrrole nitrogens is 1. The largest absolute Gasteiger partial charge is 0.496 e. The number of nitro groups is 1. The number of nitro benzene ring substituents is 1.